The lowest BCUT2D eigenvalue weighted by atomic mass is 9.45. The zero-order chi connectivity index (χ0) is 16.6. The summed E-state index contributed by atoms with van der Waals surface area (Å²) in [7, 11) is 0. The number of alkyl halides is 1. The van der Waals surface area contributed by atoms with Gasteiger partial charge in [0.25, 0.3) is 0 Å². The number of fused-ring (bicyclic) bond motifs is 5. The van der Waals surface area contributed by atoms with Crippen molar-refractivity contribution in [2.75, 3.05) is 0 Å². The van der Waals surface area contributed by atoms with Crippen molar-refractivity contribution in [1.82, 2.24) is 0 Å². The van der Waals surface area contributed by atoms with E-state index in [-0.39, 0.29) is 40.5 Å². The maximum atomic E-state index is 14.1. The van der Waals surface area contributed by atoms with Crippen LogP contribution in [0.1, 0.15) is 58.8 Å². The average Bonchev–Trinajstić information content (AvgIpc) is 2.73. The van der Waals surface area contributed by atoms with Gasteiger partial charge in [0, 0.05) is 30.6 Å². The van der Waals surface area contributed by atoms with Gasteiger partial charge in [-0.2, -0.15) is 0 Å². The fourth-order valence-corrected chi connectivity index (χ4v) is 6.59. The van der Waals surface area contributed by atoms with Crippen molar-refractivity contribution in [2.45, 2.75) is 65.0 Å². The van der Waals surface area contributed by atoms with E-state index >= 15 is 0 Å². The van der Waals surface area contributed by atoms with Crippen LogP contribution in [-0.2, 0) is 14.4 Å². The van der Waals surface area contributed by atoms with Gasteiger partial charge in [-0.3, -0.25) is 14.4 Å². The smallest absolute Gasteiger partial charge is 0.173 e. The lowest BCUT2D eigenvalue weighted by molar-refractivity contribution is -0.159. The molecule has 0 aliphatic heterocycles. The van der Waals surface area contributed by atoms with E-state index in [2.05, 4.69) is 6.92 Å². The number of hydrogen-bond acceptors (Lipinski definition) is 3. The highest BCUT2D eigenvalue weighted by Gasteiger charge is 2.64. The van der Waals surface area contributed by atoms with Crippen molar-refractivity contribution in [3.05, 3.63) is 0 Å². The quantitative estimate of drug-likeness (QED) is 0.688. The fraction of sp³-hybridized carbons (Fsp3) is 0.842. The summed E-state index contributed by atoms with van der Waals surface area (Å²) in [5, 5.41) is 0. The molecule has 126 valence electrons. The lowest BCUT2D eigenvalue weighted by Crippen LogP contribution is -2.56. The number of rotatable bonds is 0. The maximum absolute atomic E-state index is 14.1. The maximum Gasteiger partial charge on any atom is 0.173 e. The first-order valence-electron chi connectivity index (χ1n) is 9.00. The molecular formula is C19H25FO3. The second-order valence-electron chi connectivity index (χ2n) is 8.87. The SMILES string of the molecule is CC12CCC3C(CC(=O)C4CC(=O)CCC43C)C1C[C@@H](F)C2=O. The number of ketones is 3. The highest BCUT2D eigenvalue weighted by molar-refractivity contribution is 5.93. The molecule has 4 rings (SSSR count). The van der Waals surface area contributed by atoms with Gasteiger partial charge in [-0.1, -0.05) is 13.8 Å². The normalized spacial score (nSPS) is 52.8. The zero-order valence-electron chi connectivity index (χ0n) is 13.9. The van der Waals surface area contributed by atoms with Gasteiger partial charge in [-0.05, 0) is 48.9 Å². The lowest BCUT2D eigenvalue weighted by Gasteiger charge is -2.58. The van der Waals surface area contributed by atoms with Gasteiger partial charge in [-0.25, -0.2) is 4.39 Å². The van der Waals surface area contributed by atoms with Gasteiger partial charge < -0.3 is 0 Å². The Bertz CT molecular complexity index is 599. The number of hydrogen-bond donors (Lipinski definition) is 0. The Balaban J connectivity index is 1.71. The molecule has 4 saturated carbocycles. The Morgan fingerprint density at radius 1 is 1.04 bits per heavy atom. The Labute approximate surface area is 136 Å². The van der Waals surface area contributed by atoms with Crippen LogP contribution < -0.4 is 0 Å². The predicted octanol–water partition coefficient (Wildman–Crippen LogP) is 3.29. The van der Waals surface area contributed by atoms with Crippen LogP contribution in [0.4, 0.5) is 4.39 Å². The molecule has 4 fully saturated rings. The fourth-order valence-electron chi connectivity index (χ4n) is 6.59. The number of halogens is 1. The predicted molar refractivity (Wildman–Crippen MR) is 82.4 cm³/mol. The van der Waals surface area contributed by atoms with Gasteiger partial charge in [-0.15, -0.1) is 0 Å². The van der Waals surface area contributed by atoms with Gasteiger partial charge in [0.2, 0.25) is 0 Å². The highest BCUT2D eigenvalue weighted by Crippen LogP contribution is 2.64. The highest BCUT2D eigenvalue weighted by atomic mass is 19.1. The van der Waals surface area contributed by atoms with E-state index in [1.54, 1.807) is 0 Å². The van der Waals surface area contributed by atoms with E-state index in [4.69, 9.17) is 0 Å². The van der Waals surface area contributed by atoms with Crippen LogP contribution in [0.15, 0.2) is 0 Å². The van der Waals surface area contributed by atoms with Crippen molar-refractivity contribution >= 4 is 17.3 Å². The summed E-state index contributed by atoms with van der Waals surface area (Å²) >= 11 is 0. The summed E-state index contributed by atoms with van der Waals surface area (Å²) in [6, 6.07) is 0. The van der Waals surface area contributed by atoms with Crippen LogP contribution in [0, 0.1) is 34.5 Å². The Hall–Kier alpha value is -1.06. The molecule has 0 aromatic carbocycles. The third-order valence-corrected chi connectivity index (χ3v) is 7.98. The molecule has 0 N–H and O–H groups in total. The molecule has 0 amide bonds. The minimum Gasteiger partial charge on any atom is -0.300 e. The third-order valence-electron chi connectivity index (χ3n) is 7.98. The van der Waals surface area contributed by atoms with Crippen LogP contribution in [0.2, 0.25) is 0 Å². The Kier molecular flexibility index (Phi) is 3.18. The van der Waals surface area contributed by atoms with Crippen molar-refractivity contribution < 1.29 is 18.8 Å². The molecule has 4 aliphatic carbocycles. The first-order valence-corrected chi connectivity index (χ1v) is 9.00. The molecule has 4 heteroatoms. The molecule has 0 aromatic rings. The van der Waals surface area contributed by atoms with Gasteiger partial charge in [0.1, 0.15) is 11.6 Å². The summed E-state index contributed by atoms with van der Waals surface area (Å²) in [6.07, 6.45) is 2.76. The van der Waals surface area contributed by atoms with Crippen LogP contribution >= 0.6 is 0 Å². The van der Waals surface area contributed by atoms with E-state index in [9.17, 15) is 18.8 Å². The number of Topliss-reactive ketones (excluding diaryl/α,β-unsaturated/α-hetero) is 3. The van der Waals surface area contributed by atoms with Crippen LogP contribution in [-0.4, -0.2) is 23.5 Å². The molecule has 23 heavy (non-hydrogen) atoms. The second kappa shape index (κ2) is 4.73. The van der Waals surface area contributed by atoms with Gasteiger partial charge >= 0.3 is 0 Å². The van der Waals surface area contributed by atoms with Crippen LogP contribution in [0.25, 0.3) is 0 Å². The summed E-state index contributed by atoms with van der Waals surface area (Å²) in [5.74, 6) is 0.491. The summed E-state index contributed by atoms with van der Waals surface area (Å²) < 4.78 is 14.1. The molecule has 0 heterocycles. The molecule has 0 radical (unpaired) electrons. The molecule has 6 unspecified atom stereocenters. The van der Waals surface area contributed by atoms with E-state index in [1.807, 2.05) is 6.92 Å². The minimum atomic E-state index is -1.35. The molecule has 0 bridgehead atoms. The molecule has 0 spiro atoms. The Morgan fingerprint density at radius 3 is 2.52 bits per heavy atom. The van der Waals surface area contributed by atoms with E-state index < -0.39 is 11.6 Å². The molecule has 0 saturated heterocycles. The second-order valence-corrected chi connectivity index (χ2v) is 8.87. The van der Waals surface area contributed by atoms with Crippen molar-refractivity contribution in [1.29, 1.82) is 0 Å². The largest absolute Gasteiger partial charge is 0.300 e. The molecule has 4 aliphatic rings. The number of carbonyl (C=O) groups is 3. The van der Waals surface area contributed by atoms with Crippen LogP contribution in [0.3, 0.4) is 0 Å². The minimum absolute atomic E-state index is 0.00287. The standard InChI is InChI=1S/C19H25FO3/c1-18-5-3-10(21)7-14(18)16(22)8-11-12(18)4-6-19(2)13(11)9-15(20)17(19)23/h11-15H,3-9H2,1-2H3/t11?,12?,13?,14?,15-,18?,19?/m1/s1. The first kappa shape index (κ1) is 15.5. The van der Waals surface area contributed by atoms with E-state index in [1.165, 1.54) is 0 Å². The van der Waals surface area contributed by atoms with Crippen molar-refractivity contribution in [3.8, 4) is 0 Å². The van der Waals surface area contributed by atoms with E-state index in [0.717, 1.165) is 19.3 Å². The average molecular weight is 320 g/mol. The van der Waals surface area contributed by atoms with Gasteiger partial charge in [0.05, 0.1) is 0 Å². The zero-order valence-corrected chi connectivity index (χ0v) is 13.9. The summed E-state index contributed by atoms with van der Waals surface area (Å²) in [5.41, 5.74) is -0.707. The van der Waals surface area contributed by atoms with Gasteiger partial charge in [0.15, 0.2) is 12.0 Å². The number of carbonyl (C=O) groups excluding carboxylic acids is 3. The van der Waals surface area contributed by atoms with Crippen LogP contribution in [0.5, 0.6) is 0 Å². The Morgan fingerprint density at radius 2 is 1.78 bits per heavy atom. The van der Waals surface area contributed by atoms with Crippen molar-refractivity contribution in [2.24, 2.45) is 34.5 Å². The van der Waals surface area contributed by atoms with Crippen molar-refractivity contribution in [3.63, 3.8) is 0 Å². The summed E-state index contributed by atoms with van der Waals surface area (Å²) in [6.45, 7) is 4.09. The third kappa shape index (κ3) is 1.90. The first-order chi connectivity index (χ1) is 10.8. The molecule has 3 nitrogen and oxygen atoms in total. The molecular weight excluding hydrogens is 295 g/mol. The topological polar surface area (TPSA) is 51.2 Å². The molecule has 0 aromatic heterocycles. The monoisotopic (exact) mass is 320 g/mol. The summed E-state index contributed by atoms with van der Waals surface area (Å²) in [4.78, 5) is 36.9. The van der Waals surface area contributed by atoms with E-state index in [0.29, 0.717) is 31.6 Å². The molecule has 7 atom stereocenters.